The van der Waals surface area contributed by atoms with Crippen molar-refractivity contribution in [3.05, 3.63) is 58.1 Å². The van der Waals surface area contributed by atoms with Gasteiger partial charge in [-0.2, -0.15) is 0 Å². The molecule has 0 aliphatic rings. The van der Waals surface area contributed by atoms with Crippen LogP contribution >= 0.6 is 0 Å². The predicted octanol–water partition coefficient (Wildman–Crippen LogP) is 4.36. The van der Waals surface area contributed by atoms with Crippen molar-refractivity contribution in [1.29, 1.82) is 0 Å². The van der Waals surface area contributed by atoms with Crippen molar-refractivity contribution >= 4 is 10.0 Å². The lowest BCUT2D eigenvalue weighted by Gasteiger charge is -2.20. The van der Waals surface area contributed by atoms with E-state index < -0.39 is 10.0 Å². The first-order valence-electron chi connectivity index (χ1n) is 8.44. The molecule has 0 aliphatic carbocycles. The van der Waals surface area contributed by atoms with Crippen molar-refractivity contribution in [2.75, 3.05) is 7.11 Å². The molecule has 1 atom stereocenters. The summed E-state index contributed by atoms with van der Waals surface area (Å²) in [6, 6.07) is 9.32. The molecule has 0 aromatic heterocycles. The van der Waals surface area contributed by atoms with Gasteiger partial charge in [-0.1, -0.05) is 25.1 Å². The van der Waals surface area contributed by atoms with Gasteiger partial charge in [0, 0.05) is 6.04 Å². The molecule has 2 rings (SSSR count). The number of benzene rings is 2. The van der Waals surface area contributed by atoms with Gasteiger partial charge in [-0.05, 0) is 74.1 Å². The number of nitrogens with one attached hydrogen (secondary N) is 1. The summed E-state index contributed by atoms with van der Waals surface area (Å²) in [6.07, 6.45) is 0.677. The molecule has 0 spiro atoms. The molecule has 0 unspecified atom stereocenters. The third-order valence-corrected chi connectivity index (χ3v) is 6.35. The largest absolute Gasteiger partial charge is 0.497 e. The van der Waals surface area contributed by atoms with Crippen molar-refractivity contribution in [2.45, 2.75) is 52.0 Å². The Bertz CT molecular complexity index is 850. The van der Waals surface area contributed by atoms with Crippen LogP contribution in [0.15, 0.2) is 35.2 Å². The first kappa shape index (κ1) is 19.5. The van der Waals surface area contributed by atoms with E-state index in [9.17, 15) is 8.42 Å². The average molecular weight is 362 g/mol. The number of methoxy groups -OCH3 is 1. The number of hydrogen-bond donors (Lipinski definition) is 1. The van der Waals surface area contributed by atoms with Gasteiger partial charge in [0.1, 0.15) is 5.75 Å². The van der Waals surface area contributed by atoms with E-state index in [0.29, 0.717) is 28.2 Å². The topological polar surface area (TPSA) is 55.4 Å². The Labute approximate surface area is 151 Å². The second kappa shape index (κ2) is 7.58. The Morgan fingerprint density at radius 2 is 1.56 bits per heavy atom. The number of aryl methyl sites for hydroxylation is 4. The van der Waals surface area contributed by atoms with Crippen molar-refractivity contribution in [3.63, 3.8) is 0 Å². The quantitative estimate of drug-likeness (QED) is 0.832. The van der Waals surface area contributed by atoms with Crippen molar-refractivity contribution in [1.82, 2.24) is 4.72 Å². The lowest BCUT2D eigenvalue weighted by atomic mass is 10.0. The first-order chi connectivity index (χ1) is 11.7. The average Bonchev–Trinajstić information content (AvgIpc) is 2.54. The molecule has 2 aromatic rings. The summed E-state index contributed by atoms with van der Waals surface area (Å²) >= 11 is 0. The van der Waals surface area contributed by atoms with E-state index in [4.69, 9.17) is 4.74 Å². The van der Waals surface area contributed by atoms with Gasteiger partial charge in [-0.15, -0.1) is 0 Å². The Hall–Kier alpha value is -1.85. The second-order valence-electron chi connectivity index (χ2n) is 6.52. The van der Waals surface area contributed by atoms with E-state index in [1.165, 1.54) is 5.56 Å². The third-order valence-electron chi connectivity index (χ3n) is 4.58. The Kier molecular flexibility index (Phi) is 5.91. The Balaban J connectivity index is 2.41. The highest BCUT2D eigenvalue weighted by Gasteiger charge is 2.24. The normalized spacial score (nSPS) is 12.9. The summed E-state index contributed by atoms with van der Waals surface area (Å²) in [5.74, 6) is 0.662. The maximum absolute atomic E-state index is 13.0. The predicted molar refractivity (Wildman–Crippen MR) is 102 cm³/mol. The molecule has 0 aliphatic heterocycles. The van der Waals surface area contributed by atoms with Crippen LogP contribution in [-0.2, 0) is 10.0 Å². The number of ether oxygens (including phenoxy) is 1. The zero-order valence-corrected chi connectivity index (χ0v) is 16.6. The minimum absolute atomic E-state index is 0.259. The smallest absolute Gasteiger partial charge is 0.241 e. The summed E-state index contributed by atoms with van der Waals surface area (Å²) in [6.45, 7) is 9.66. The van der Waals surface area contributed by atoms with E-state index in [2.05, 4.69) is 10.8 Å². The SMILES string of the molecule is CC[C@@H](NS(=O)(=O)c1c(C)cc(OC)cc1C)c1ccc(C)c(C)c1. The Morgan fingerprint density at radius 3 is 2.04 bits per heavy atom. The maximum atomic E-state index is 13.0. The van der Waals surface area contributed by atoms with Crippen LogP contribution in [0.25, 0.3) is 0 Å². The first-order valence-corrected chi connectivity index (χ1v) is 9.92. The van der Waals surface area contributed by atoms with Crippen LogP contribution in [-0.4, -0.2) is 15.5 Å². The van der Waals surface area contributed by atoms with Gasteiger partial charge in [0.25, 0.3) is 0 Å². The molecule has 5 heteroatoms. The molecule has 136 valence electrons. The summed E-state index contributed by atoms with van der Waals surface area (Å²) in [5.41, 5.74) is 4.70. The highest BCUT2D eigenvalue weighted by molar-refractivity contribution is 7.89. The number of hydrogen-bond acceptors (Lipinski definition) is 3. The van der Waals surface area contributed by atoms with Gasteiger partial charge in [-0.3, -0.25) is 0 Å². The molecule has 1 N–H and O–H groups in total. The standard InChI is InChI=1S/C20H27NO3S/c1-7-19(17-9-8-13(2)14(3)10-17)21-25(22,23)20-15(4)11-18(24-6)12-16(20)5/h8-12,19,21H,7H2,1-6H3/t19-/m1/s1. The lowest BCUT2D eigenvalue weighted by molar-refractivity contribution is 0.413. The van der Waals surface area contributed by atoms with E-state index in [0.717, 1.165) is 11.1 Å². The fourth-order valence-electron chi connectivity index (χ4n) is 3.07. The van der Waals surface area contributed by atoms with Crippen molar-refractivity contribution in [2.24, 2.45) is 0 Å². The van der Waals surface area contributed by atoms with Gasteiger partial charge in [-0.25, -0.2) is 13.1 Å². The van der Waals surface area contributed by atoms with E-state index in [-0.39, 0.29) is 6.04 Å². The molecule has 0 fully saturated rings. The zero-order valence-electron chi connectivity index (χ0n) is 15.8. The summed E-state index contributed by atoms with van der Waals surface area (Å²) in [7, 11) is -2.06. The minimum atomic E-state index is -3.63. The van der Waals surface area contributed by atoms with Gasteiger partial charge >= 0.3 is 0 Å². The molecule has 0 saturated heterocycles. The van der Waals surface area contributed by atoms with Crippen molar-refractivity contribution in [3.8, 4) is 5.75 Å². The minimum Gasteiger partial charge on any atom is -0.497 e. The van der Waals surface area contributed by atoms with Gasteiger partial charge in [0.15, 0.2) is 0 Å². The number of sulfonamides is 1. The fraction of sp³-hybridized carbons (Fsp3) is 0.400. The van der Waals surface area contributed by atoms with Crippen LogP contribution in [0.3, 0.4) is 0 Å². The maximum Gasteiger partial charge on any atom is 0.241 e. The monoisotopic (exact) mass is 361 g/mol. The molecular weight excluding hydrogens is 334 g/mol. The van der Waals surface area contributed by atoms with E-state index in [1.807, 2.05) is 32.9 Å². The molecule has 0 bridgehead atoms. The van der Waals surface area contributed by atoms with E-state index >= 15 is 0 Å². The molecule has 0 heterocycles. The third kappa shape index (κ3) is 4.22. The van der Waals surface area contributed by atoms with Crippen LogP contribution < -0.4 is 9.46 Å². The fourth-order valence-corrected chi connectivity index (χ4v) is 4.83. The molecule has 0 amide bonds. The molecular formula is C20H27NO3S. The zero-order chi connectivity index (χ0) is 18.8. The van der Waals surface area contributed by atoms with Crippen LogP contribution in [0.5, 0.6) is 5.75 Å². The lowest BCUT2D eigenvalue weighted by Crippen LogP contribution is -2.29. The number of rotatable bonds is 6. The van der Waals surface area contributed by atoms with Gasteiger partial charge in [0.05, 0.1) is 12.0 Å². The second-order valence-corrected chi connectivity index (χ2v) is 8.17. The van der Waals surface area contributed by atoms with Crippen molar-refractivity contribution < 1.29 is 13.2 Å². The van der Waals surface area contributed by atoms with Crippen LogP contribution in [0, 0.1) is 27.7 Å². The molecule has 25 heavy (non-hydrogen) atoms. The summed E-state index contributed by atoms with van der Waals surface area (Å²) < 4.78 is 34.1. The molecule has 2 aromatic carbocycles. The van der Waals surface area contributed by atoms with Crippen LogP contribution in [0.2, 0.25) is 0 Å². The highest BCUT2D eigenvalue weighted by atomic mass is 32.2. The van der Waals surface area contributed by atoms with Crippen LogP contribution in [0.4, 0.5) is 0 Å². The summed E-state index contributed by atoms with van der Waals surface area (Å²) in [5, 5.41) is 0. The molecule has 0 radical (unpaired) electrons. The van der Waals surface area contributed by atoms with E-state index in [1.54, 1.807) is 33.1 Å². The summed E-state index contributed by atoms with van der Waals surface area (Å²) in [4.78, 5) is 0.329. The highest BCUT2D eigenvalue weighted by Crippen LogP contribution is 2.28. The molecule has 4 nitrogen and oxygen atoms in total. The molecule has 0 saturated carbocycles. The van der Waals surface area contributed by atoms with Gasteiger partial charge < -0.3 is 4.74 Å². The van der Waals surface area contributed by atoms with Crippen LogP contribution in [0.1, 0.15) is 47.2 Å². The van der Waals surface area contributed by atoms with Gasteiger partial charge in [0.2, 0.25) is 10.0 Å². The Morgan fingerprint density at radius 1 is 0.960 bits per heavy atom.